The smallest absolute Gasteiger partial charge is 0.339 e. The molecule has 17 heavy (non-hydrogen) atoms. The molecule has 0 saturated carbocycles. The number of anilines is 1. The van der Waals surface area contributed by atoms with Gasteiger partial charge in [0.25, 0.3) is 0 Å². The van der Waals surface area contributed by atoms with Crippen LogP contribution >= 0.6 is 0 Å². The molecule has 1 aromatic rings. The predicted octanol–water partition coefficient (Wildman–Crippen LogP) is -0.334. The van der Waals surface area contributed by atoms with Gasteiger partial charge in [0.2, 0.25) is 5.91 Å². The van der Waals surface area contributed by atoms with Crippen LogP contribution in [0.25, 0.3) is 0 Å². The van der Waals surface area contributed by atoms with Crippen LogP contribution in [0.2, 0.25) is 0 Å². The predicted molar refractivity (Wildman–Crippen MR) is 58.8 cm³/mol. The first-order chi connectivity index (χ1) is 8.22. The molecule has 1 heterocycles. The van der Waals surface area contributed by atoms with Crippen LogP contribution in [-0.4, -0.2) is 35.6 Å². The summed E-state index contributed by atoms with van der Waals surface area (Å²) in [7, 11) is 1.49. The van der Waals surface area contributed by atoms with Gasteiger partial charge in [0.1, 0.15) is 0 Å². The third kappa shape index (κ3) is 5.42. The molecule has 8 nitrogen and oxygen atoms in total. The number of ether oxygens (including phenoxy) is 1. The zero-order valence-electron chi connectivity index (χ0n) is 9.27. The molecule has 0 aliphatic heterocycles. The van der Waals surface area contributed by atoms with E-state index in [4.69, 9.17) is 4.74 Å². The van der Waals surface area contributed by atoms with Gasteiger partial charge in [-0.2, -0.15) is 0 Å². The minimum atomic E-state index is -0.601. The molecule has 3 amide bonds. The van der Waals surface area contributed by atoms with E-state index in [1.54, 1.807) is 0 Å². The van der Waals surface area contributed by atoms with Crippen molar-refractivity contribution in [2.45, 2.75) is 6.42 Å². The minimum Gasteiger partial charge on any atom is -0.384 e. The molecule has 0 spiro atoms. The average molecular weight is 239 g/mol. The van der Waals surface area contributed by atoms with Crippen molar-refractivity contribution in [3.63, 3.8) is 0 Å². The molecule has 0 radical (unpaired) electrons. The Morgan fingerprint density at radius 2 is 2.18 bits per heavy atom. The third-order valence-corrected chi connectivity index (χ3v) is 1.65. The topological polar surface area (TPSA) is 105 Å². The van der Waals surface area contributed by atoms with Gasteiger partial charge in [0.15, 0.2) is 5.82 Å². The van der Waals surface area contributed by atoms with Gasteiger partial charge < -0.3 is 4.74 Å². The lowest BCUT2D eigenvalue weighted by atomic mass is 10.4. The number of carbonyl (C=O) groups is 2. The van der Waals surface area contributed by atoms with Gasteiger partial charge >= 0.3 is 6.03 Å². The highest BCUT2D eigenvalue weighted by Crippen LogP contribution is 1.95. The highest BCUT2D eigenvalue weighted by atomic mass is 16.5. The van der Waals surface area contributed by atoms with Gasteiger partial charge in [0, 0.05) is 19.5 Å². The summed E-state index contributed by atoms with van der Waals surface area (Å²) in [4.78, 5) is 29.9. The van der Waals surface area contributed by atoms with E-state index in [-0.39, 0.29) is 18.1 Å². The summed E-state index contributed by atoms with van der Waals surface area (Å²) in [5, 5.41) is 2.38. The molecule has 0 unspecified atom stereocenters. The maximum absolute atomic E-state index is 11.3. The van der Waals surface area contributed by atoms with E-state index in [9.17, 15) is 9.59 Å². The SMILES string of the molecule is COCCC(=O)NNC(=O)Nc1cnccn1. The normalized spacial score (nSPS) is 9.47. The fourth-order valence-corrected chi connectivity index (χ4v) is 0.895. The zero-order valence-corrected chi connectivity index (χ0v) is 9.27. The number of hydrazine groups is 1. The average Bonchev–Trinajstić information content (AvgIpc) is 2.35. The molecule has 0 atom stereocenters. The monoisotopic (exact) mass is 239 g/mol. The van der Waals surface area contributed by atoms with E-state index in [1.165, 1.54) is 25.7 Å². The Labute approximate surface area is 97.8 Å². The van der Waals surface area contributed by atoms with Crippen molar-refractivity contribution >= 4 is 17.8 Å². The van der Waals surface area contributed by atoms with Crippen LogP contribution < -0.4 is 16.2 Å². The van der Waals surface area contributed by atoms with E-state index in [1.807, 2.05) is 0 Å². The number of nitrogens with zero attached hydrogens (tertiary/aromatic N) is 2. The van der Waals surface area contributed by atoms with E-state index < -0.39 is 6.03 Å². The lowest BCUT2D eigenvalue weighted by molar-refractivity contribution is -0.122. The van der Waals surface area contributed by atoms with Crippen LogP contribution in [0.4, 0.5) is 10.6 Å². The second-order valence-electron chi connectivity index (χ2n) is 2.96. The van der Waals surface area contributed by atoms with Gasteiger partial charge in [0.05, 0.1) is 19.2 Å². The first-order valence-electron chi connectivity index (χ1n) is 4.83. The largest absolute Gasteiger partial charge is 0.384 e. The van der Waals surface area contributed by atoms with Crippen LogP contribution in [0, 0.1) is 0 Å². The molecule has 3 N–H and O–H groups in total. The first-order valence-corrected chi connectivity index (χ1v) is 4.83. The molecule has 0 aromatic carbocycles. The van der Waals surface area contributed by atoms with E-state index in [0.717, 1.165) is 0 Å². The highest BCUT2D eigenvalue weighted by molar-refractivity contribution is 5.89. The number of aromatic nitrogens is 2. The Kier molecular flexibility index (Phi) is 5.38. The maximum atomic E-state index is 11.3. The molecule has 8 heteroatoms. The van der Waals surface area contributed by atoms with Crippen LogP contribution in [0.3, 0.4) is 0 Å². The van der Waals surface area contributed by atoms with Gasteiger partial charge in [-0.05, 0) is 0 Å². The third-order valence-electron chi connectivity index (χ3n) is 1.65. The molecule has 92 valence electrons. The zero-order chi connectivity index (χ0) is 12.5. The fraction of sp³-hybridized carbons (Fsp3) is 0.333. The summed E-state index contributed by atoms with van der Waals surface area (Å²) >= 11 is 0. The second-order valence-corrected chi connectivity index (χ2v) is 2.96. The van der Waals surface area contributed by atoms with Crippen molar-refractivity contribution in [3.8, 4) is 0 Å². The van der Waals surface area contributed by atoms with Crippen molar-refractivity contribution < 1.29 is 14.3 Å². The number of rotatable bonds is 4. The number of hydrogen-bond donors (Lipinski definition) is 3. The number of urea groups is 1. The Morgan fingerprint density at radius 1 is 1.35 bits per heavy atom. The van der Waals surface area contributed by atoms with E-state index >= 15 is 0 Å². The summed E-state index contributed by atoms with van der Waals surface area (Å²) in [6.45, 7) is 0.291. The quantitative estimate of drug-likeness (QED) is 0.624. The number of nitrogens with one attached hydrogen (secondary N) is 3. The fourth-order valence-electron chi connectivity index (χ4n) is 0.895. The van der Waals surface area contributed by atoms with Crippen molar-refractivity contribution in [2.24, 2.45) is 0 Å². The molecule has 0 fully saturated rings. The summed E-state index contributed by atoms with van der Waals surface area (Å²) in [6, 6.07) is -0.601. The van der Waals surface area contributed by atoms with Gasteiger partial charge in [-0.25, -0.2) is 15.2 Å². The molecule has 0 aliphatic carbocycles. The number of carbonyl (C=O) groups excluding carboxylic acids is 2. The number of hydrogen-bond acceptors (Lipinski definition) is 5. The van der Waals surface area contributed by atoms with Crippen molar-refractivity contribution in [2.75, 3.05) is 19.0 Å². The van der Waals surface area contributed by atoms with Gasteiger partial charge in [-0.3, -0.25) is 20.5 Å². The Morgan fingerprint density at radius 3 is 2.82 bits per heavy atom. The van der Waals surface area contributed by atoms with Crippen LogP contribution in [0.5, 0.6) is 0 Å². The molecular weight excluding hydrogens is 226 g/mol. The molecule has 0 aliphatic rings. The standard InChI is InChI=1S/C9H13N5O3/c1-17-5-2-8(15)13-14-9(16)12-7-6-10-3-4-11-7/h3-4,6H,2,5H2,1H3,(H,13,15)(H2,11,12,14,16). The van der Waals surface area contributed by atoms with Crippen LogP contribution in [-0.2, 0) is 9.53 Å². The summed E-state index contributed by atoms with van der Waals surface area (Å²) < 4.78 is 4.71. The van der Waals surface area contributed by atoms with Crippen molar-refractivity contribution in [1.29, 1.82) is 0 Å². The van der Waals surface area contributed by atoms with Gasteiger partial charge in [-0.15, -0.1) is 0 Å². The summed E-state index contributed by atoms with van der Waals surface area (Å²) in [6.07, 6.45) is 4.47. The molecule has 0 bridgehead atoms. The second kappa shape index (κ2) is 7.12. The van der Waals surface area contributed by atoms with E-state index in [0.29, 0.717) is 6.61 Å². The molecule has 1 aromatic heterocycles. The summed E-state index contributed by atoms with van der Waals surface area (Å²) in [5.74, 6) is -0.0581. The highest BCUT2D eigenvalue weighted by Gasteiger charge is 2.04. The van der Waals surface area contributed by atoms with E-state index in [2.05, 4.69) is 26.1 Å². The van der Waals surface area contributed by atoms with Crippen molar-refractivity contribution in [1.82, 2.24) is 20.8 Å². The van der Waals surface area contributed by atoms with Gasteiger partial charge in [-0.1, -0.05) is 0 Å². The molecular formula is C9H13N5O3. The summed E-state index contributed by atoms with van der Waals surface area (Å²) in [5.41, 5.74) is 4.38. The first kappa shape index (κ1) is 12.8. The number of amides is 3. The molecule has 1 rings (SSSR count). The maximum Gasteiger partial charge on any atom is 0.339 e. The van der Waals surface area contributed by atoms with Crippen molar-refractivity contribution in [3.05, 3.63) is 18.6 Å². The van der Waals surface area contributed by atoms with Crippen LogP contribution in [0.15, 0.2) is 18.6 Å². The lowest BCUT2D eigenvalue weighted by Crippen LogP contribution is -2.44. The lowest BCUT2D eigenvalue weighted by Gasteiger charge is -2.07. The Bertz CT molecular complexity index is 370. The number of methoxy groups -OCH3 is 1. The van der Waals surface area contributed by atoms with Crippen LogP contribution in [0.1, 0.15) is 6.42 Å². The Hall–Kier alpha value is -2.22. The minimum absolute atomic E-state index is 0.169. The molecule has 0 saturated heterocycles. The Balaban J connectivity index is 2.24.